The van der Waals surface area contributed by atoms with Crippen LogP contribution in [-0.4, -0.2) is 30.6 Å². The second-order valence-electron chi connectivity index (χ2n) is 8.18. The van der Waals surface area contributed by atoms with E-state index in [1.54, 1.807) is 13.8 Å². The van der Waals surface area contributed by atoms with Crippen LogP contribution in [0.25, 0.3) is 32.7 Å². The van der Waals surface area contributed by atoms with Gasteiger partial charge < -0.3 is 30.6 Å². The van der Waals surface area contributed by atoms with E-state index in [9.17, 15) is 30.6 Å². The van der Waals surface area contributed by atoms with Gasteiger partial charge in [-0.05, 0) is 60.7 Å². The summed E-state index contributed by atoms with van der Waals surface area (Å²) in [4.78, 5) is 0. The van der Waals surface area contributed by atoms with E-state index in [2.05, 4.69) is 0 Å². The molecule has 6 nitrogen and oxygen atoms in total. The summed E-state index contributed by atoms with van der Waals surface area (Å²) in [5, 5.41) is 65.3. The van der Waals surface area contributed by atoms with Gasteiger partial charge in [-0.2, -0.15) is 0 Å². The number of phenolic OH excluding ortho intramolecular Hbond substituents is 6. The van der Waals surface area contributed by atoms with Gasteiger partial charge in [0.25, 0.3) is 0 Å². The summed E-state index contributed by atoms with van der Waals surface area (Å²) in [6.07, 6.45) is 0.912. The molecule has 0 fully saturated rings. The molecule has 0 aliphatic rings. The van der Waals surface area contributed by atoms with Gasteiger partial charge in [-0.15, -0.1) is 0 Å². The number of aryl methyl sites for hydroxylation is 4. The van der Waals surface area contributed by atoms with Crippen LogP contribution in [0.4, 0.5) is 0 Å². The van der Waals surface area contributed by atoms with E-state index in [1.165, 1.54) is 12.1 Å². The first kappa shape index (κ1) is 21.4. The molecule has 0 amide bonds. The zero-order chi connectivity index (χ0) is 23.5. The number of benzene rings is 4. The number of hydrogen-bond acceptors (Lipinski definition) is 6. The van der Waals surface area contributed by atoms with Gasteiger partial charge in [-0.1, -0.05) is 26.0 Å². The second-order valence-corrected chi connectivity index (χ2v) is 8.18. The van der Waals surface area contributed by atoms with Crippen LogP contribution in [0, 0.1) is 13.8 Å². The lowest BCUT2D eigenvalue weighted by atomic mass is 9.87. The highest BCUT2D eigenvalue weighted by Crippen LogP contribution is 2.50. The number of fused-ring (bicyclic) bond motifs is 2. The molecule has 4 rings (SSSR count). The van der Waals surface area contributed by atoms with Crippen molar-refractivity contribution in [2.24, 2.45) is 0 Å². The van der Waals surface area contributed by atoms with Crippen LogP contribution in [0.2, 0.25) is 0 Å². The Kier molecular flexibility index (Phi) is 4.96. The average Bonchev–Trinajstić information content (AvgIpc) is 2.74. The Morgan fingerprint density at radius 2 is 0.844 bits per heavy atom. The molecule has 6 heteroatoms. The van der Waals surface area contributed by atoms with Crippen LogP contribution < -0.4 is 0 Å². The van der Waals surface area contributed by atoms with Crippen molar-refractivity contribution >= 4 is 21.5 Å². The molecular formula is C26H26O6. The normalized spacial score (nSPS) is 11.5. The predicted octanol–water partition coefficient (Wildman–Crippen LogP) is 5.64. The largest absolute Gasteiger partial charge is 0.507 e. The van der Waals surface area contributed by atoms with Gasteiger partial charge in [0, 0.05) is 33.0 Å². The standard InChI is InChI=1S/C26H26O6/c1-5-13-15-7-11(3)21(25(31)17(15)9-19(27)23(13)29)22-12(4)8-16-14(6-2)24(30)20(28)10-18(16)26(22)32/h7-10,27-32H,5-6H2,1-4H3. The summed E-state index contributed by atoms with van der Waals surface area (Å²) in [6.45, 7) is 7.29. The number of rotatable bonds is 3. The molecule has 0 radical (unpaired) electrons. The zero-order valence-electron chi connectivity index (χ0n) is 18.4. The first-order chi connectivity index (χ1) is 15.1. The predicted molar refractivity (Wildman–Crippen MR) is 125 cm³/mol. The van der Waals surface area contributed by atoms with Crippen molar-refractivity contribution in [2.75, 3.05) is 0 Å². The number of aromatic hydroxyl groups is 6. The van der Waals surface area contributed by atoms with Crippen molar-refractivity contribution in [2.45, 2.75) is 40.5 Å². The Morgan fingerprint density at radius 3 is 1.16 bits per heavy atom. The van der Waals surface area contributed by atoms with Crippen LogP contribution in [0.1, 0.15) is 36.1 Å². The van der Waals surface area contributed by atoms with Gasteiger partial charge in [-0.25, -0.2) is 0 Å². The molecule has 0 saturated heterocycles. The molecule has 0 aliphatic carbocycles. The lowest BCUT2D eigenvalue weighted by Crippen LogP contribution is -1.95. The Balaban J connectivity index is 2.14. The molecule has 6 N–H and O–H groups in total. The summed E-state index contributed by atoms with van der Waals surface area (Å²) in [5.74, 6) is -1.32. The van der Waals surface area contributed by atoms with E-state index >= 15 is 0 Å². The van der Waals surface area contributed by atoms with Crippen molar-refractivity contribution < 1.29 is 30.6 Å². The van der Waals surface area contributed by atoms with Gasteiger partial charge in [0.15, 0.2) is 23.0 Å². The summed E-state index contributed by atoms with van der Waals surface area (Å²) in [5.41, 5.74) is 3.19. The molecule has 166 valence electrons. The van der Waals surface area contributed by atoms with Crippen LogP contribution >= 0.6 is 0 Å². The molecule has 4 aromatic carbocycles. The van der Waals surface area contributed by atoms with Gasteiger partial charge >= 0.3 is 0 Å². The highest BCUT2D eigenvalue weighted by atomic mass is 16.3. The lowest BCUT2D eigenvalue weighted by Gasteiger charge is -2.20. The third-order valence-electron chi connectivity index (χ3n) is 6.30. The van der Waals surface area contributed by atoms with E-state index in [4.69, 9.17) is 0 Å². The molecule has 0 saturated carbocycles. The average molecular weight is 434 g/mol. The molecule has 4 aromatic rings. The monoisotopic (exact) mass is 434 g/mol. The fourth-order valence-electron chi connectivity index (χ4n) is 4.74. The van der Waals surface area contributed by atoms with Crippen molar-refractivity contribution in [3.63, 3.8) is 0 Å². The van der Waals surface area contributed by atoms with E-state index in [1.807, 2.05) is 26.0 Å². The minimum Gasteiger partial charge on any atom is -0.507 e. The maximum atomic E-state index is 11.2. The van der Waals surface area contributed by atoms with Gasteiger partial charge in [0.2, 0.25) is 0 Å². The Morgan fingerprint density at radius 1 is 0.500 bits per heavy atom. The fourth-order valence-corrected chi connectivity index (χ4v) is 4.74. The minimum atomic E-state index is -0.327. The van der Waals surface area contributed by atoms with Crippen molar-refractivity contribution in [3.05, 3.63) is 46.5 Å². The Bertz CT molecular complexity index is 1310. The number of hydrogen-bond donors (Lipinski definition) is 6. The smallest absolute Gasteiger partial charge is 0.161 e. The van der Waals surface area contributed by atoms with Crippen LogP contribution in [0.5, 0.6) is 34.5 Å². The van der Waals surface area contributed by atoms with Crippen LogP contribution in [-0.2, 0) is 12.8 Å². The Hall–Kier alpha value is -3.80. The van der Waals surface area contributed by atoms with Gasteiger partial charge in [-0.3, -0.25) is 0 Å². The molecule has 0 bridgehead atoms. The van der Waals surface area contributed by atoms with Crippen molar-refractivity contribution in [1.82, 2.24) is 0 Å². The first-order valence-corrected chi connectivity index (χ1v) is 10.5. The summed E-state index contributed by atoms with van der Waals surface area (Å²) >= 11 is 0. The maximum Gasteiger partial charge on any atom is 0.161 e. The number of phenols is 6. The third-order valence-corrected chi connectivity index (χ3v) is 6.30. The first-order valence-electron chi connectivity index (χ1n) is 10.5. The van der Waals surface area contributed by atoms with E-state index in [0.717, 1.165) is 0 Å². The topological polar surface area (TPSA) is 121 Å². The molecule has 0 atom stereocenters. The lowest BCUT2D eigenvalue weighted by molar-refractivity contribution is 0.400. The molecule has 0 aromatic heterocycles. The second kappa shape index (κ2) is 7.41. The molecule has 32 heavy (non-hydrogen) atoms. The molecule has 0 spiro atoms. The minimum absolute atomic E-state index is 0.124. The summed E-state index contributed by atoms with van der Waals surface area (Å²) in [6, 6.07) is 6.26. The quantitative estimate of drug-likeness (QED) is 0.232. The third kappa shape index (κ3) is 2.87. The maximum absolute atomic E-state index is 11.2. The molecular weight excluding hydrogens is 408 g/mol. The highest BCUT2D eigenvalue weighted by molar-refractivity contribution is 6.05. The molecule has 0 aliphatic heterocycles. The van der Waals surface area contributed by atoms with Crippen molar-refractivity contribution in [1.29, 1.82) is 0 Å². The van der Waals surface area contributed by atoms with E-state index < -0.39 is 0 Å². The van der Waals surface area contributed by atoms with Gasteiger partial charge in [0.05, 0.1) is 0 Å². The summed E-state index contributed by atoms with van der Waals surface area (Å²) in [7, 11) is 0. The highest BCUT2D eigenvalue weighted by Gasteiger charge is 2.24. The SMILES string of the molecule is CCc1c(O)c(O)cc2c(O)c(-c3c(C)cc4c(CC)c(O)c(O)cc4c3O)c(C)cc12. The van der Waals surface area contributed by atoms with Crippen LogP contribution in [0.3, 0.4) is 0 Å². The van der Waals surface area contributed by atoms with Gasteiger partial charge in [0.1, 0.15) is 11.5 Å². The molecule has 0 unspecified atom stereocenters. The zero-order valence-corrected chi connectivity index (χ0v) is 18.4. The van der Waals surface area contributed by atoms with Crippen molar-refractivity contribution in [3.8, 4) is 45.6 Å². The fraction of sp³-hybridized carbons (Fsp3) is 0.231. The molecule has 0 heterocycles. The summed E-state index contributed by atoms with van der Waals surface area (Å²) < 4.78 is 0. The van der Waals surface area contributed by atoms with Crippen LogP contribution in [0.15, 0.2) is 24.3 Å². The van der Waals surface area contributed by atoms with E-state index in [0.29, 0.717) is 67.8 Å². The van der Waals surface area contributed by atoms with E-state index in [-0.39, 0.29) is 34.5 Å². The Labute approximate surface area is 185 Å².